The molecule has 1 aliphatic rings. The quantitative estimate of drug-likeness (QED) is 0.536. The Morgan fingerprint density at radius 3 is 2.67 bits per heavy atom. The van der Waals surface area contributed by atoms with Crippen LogP contribution in [-0.4, -0.2) is 17.6 Å². The van der Waals surface area contributed by atoms with Gasteiger partial charge in [-0.05, 0) is 65.1 Å². The first kappa shape index (κ1) is 16.9. The highest BCUT2D eigenvalue weighted by Crippen LogP contribution is 2.35. The fourth-order valence-electron chi connectivity index (χ4n) is 3.63. The predicted molar refractivity (Wildman–Crippen MR) is 107 cm³/mol. The van der Waals surface area contributed by atoms with Crippen molar-refractivity contribution in [3.63, 3.8) is 0 Å². The molecule has 132 valence electrons. The van der Waals surface area contributed by atoms with Crippen LogP contribution in [0.3, 0.4) is 0 Å². The van der Waals surface area contributed by atoms with Crippen molar-refractivity contribution in [1.82, 2.24) is 0 Å². The van der Waals surface area contributed by atoms with Gasteiger partial charge in [0.1, 0.15) is 11.6 Å². The number of aryl methyl sites for hydroxylation is 1. The number of nitriles is 1. The molecule has 0 amide bonds. The van der Waals surface area contributed by atoms with Crippen molar-refractivity contribution in [2.45, 2.75) is 12.8 Å². The fraction of sp³-hybridized carbons (Fsp3) is 0.130. The van der Waals surface area contributed by atoms with Gasteiger partial charge < -0.3 is 10.0 Å². The lowest BCUT2D eigenvalue weighted by Gasteiger charge is -2.32. The SMILES string of the molecule is N#C/C(=C\c1ccc2c(c1)CCCN2c1ccc2ccccc2c1)C(=O)O. The Labute approximate surface area is 157 Å². The lowest BCUT2D eigenvalue weighted by atomic mass is 9.97. The Hall–Kier alpha value is -3.58. The number of fused-ring (bicyclic) bond motifs is 2. The van der Waals surface area contributed by atoms with Crippen molar-refractivity contribution in [3.8, 4) is 6.07 Å². The molecule has 4 heteroatoms. The zero-order valence-corrected chi connectivity index (χ0v) is 14.7. The summed E-state index contributed by atoms with van der Waals surface area (Å²) in [6.45, 7) is 0.944. The minimum absolute atomic E-state index is 0.253. The summed E-state index contributed by atoms with van der Waals surface area (Å²) in [5.74, 6) is -1.20. The summed E-state index contributed by atoms with van der Waals surface area (Å²) in [5.41, 5.74) is 3.96. The lowest BCUT2D eigenvalue weighted by molar-refractivity contribution is -0.132. The first-order valence-electron chi connectivity index (χ1n) is 8.90. The van der Waals surface area contributed by atoms with E-state index in [0.717, 1.165) is 36.3 Å². The summed E-state index contributed by atoms with van der Waals surface area (Å²) in [6, 6.07) is 22.4. The second-order valence-electron chi connectivity index (χ2n) is 6.65. The van der Waals surface area contributed by atoms with Crippen molar-refractivity contribution >= 4 is 34.2 Å². The van der Waals surface area contributed by atoms with E-state index in [9.17, 15) is 4.79 Å². The Bertz CT molecular complexity index is 1110. The normalized spacial score (nSPS) is 13.9. The monoisotopic (exact) mass is 354 g/mol. The molecule has 0 fully saturated rings. The molecule has 4 rings (SSSR count). The highest BCUT2D eigenvalue weighted by molar-refractivity contribution is 5.96. The number of hydrogen-bond acceptors (Lipinski definition) is 3. The van der Waals surface area contributed by atoms with Gasteiger partial charge in [0.15, 0.2) is 0 Å². The van der Waals surface area contributed by atoms with E-state index in [2.05, 4.69) is 35.2 Å². The molecule has 4 nitrogen and oxygen atoms in total. The zero-order valence-electron chi connectivity index (χ0n) is 14.7. The first-order valence-corrected chi connectivity index (χ1v) is 8.90. The topological polar surface area (TPSA) is 64.3 Å². The molecule has 3 aromatic rings. The third-order valence-corrected chi connectivity index (χ3v) is 4.93. The summed E-state index contributed by atoms with van der Waals surface area (Å²) in [7, 11) is 0. The van der Waals surface area contributed by atoms with E-state index in [4.69, 9.17) is 10.4 Å². The molecular weight excluding hydrogens is 336 g/mol. The largest absolute Gasteiger partial charge is 0.477 e. The van der Waals surface area contributed by atoms with Crippen LogP contribution in [0.25, 0.3) is 16.8 Å². The number of anilines is 2. The minimum atomic E-state index is -1.20. The Balaban J connectivity index is 1.73. The average molecular weight is 354 g/mol. The zero-order chi connectivity index (χ0) is 18.8. The van der Waals surface area contributed by atoms with E-state index < -0.39 is 5.97 Å². The highest BCUT2D eigenvalue weighted by Gasteiger charge is 2.19. The molecule has 0 bridgehead atoms. The highest BCUT2D eigenvalue weighted by atomic mass is 16.4. The maximum atomic E-state index is 11.1. The van der Waals surface area contributed by atoms with E-state index in [1.54, 1.807) is 6.07 Å². The van der Waals surface area contributed by atoms with E-state index in [-0.39, 0.29) is 5.57 Å². The van der Waals surface area contributed by atoms with Gasteiger partial charge in [-0.1, -0.05) is 36.4 Å². The molecular formula is C23H18N2O2. The second-order valence-corrected chi connectivity index (χ2v) is 6.65. The van der Waals surface area contributed by atoms with Crippen molar-refractivity contribution in [2.75, 3.05) is 11.4 Å². The van der Waals surface area contributed by atoms with Crippen LogP contribution in [0.4, 0.5) is 11.4 Å². The van der Waals surface area contributed by atoms with Crippen molar-refractivity contribution < 1.29 is 9.90 Å². The number of aliphatic carboxylic acids is 1. The van der Waals surface area contributed by atoms with Crippen LogP contribution in [0, 0.1) is 11.3 Å². The van der Waals surface area contributed by atoms with Gasteiger partial charge in [0.05, 0.1) is 0 Å². The van der Waals surface area contributed by atoms with Crippen LogP contribution in [0.2, 0.25) is 0 Å². The van der Waals surface area contributed by atoms with Gasteiger partial charge in [0.2, 0.25) is 0 Å². The molecule has 3 aromatic carbocycles. The van der Waals surface area contributed by atoms with Gasteiger partial charge >= 0.3 is 5.97 Å². The summed E-state index contributed by atoms with van der Waals surface area (Å²) in [5, 5.41) is 20.4. The van der Waals surface area contributed by atoms with Gasteiger partial charge in [0.25, 0.3) is 0 Å². The molecule has 0 radical (unpaired) electrons. The molecule has 1 heterocycles. The summed E-state index contributed by atoms with van der Waals surface area (Å²) < 4.78 is 0. The van der Waals surface area contributed by atoms with Crippen LogP contribution in [0.1, 0.15) is 17.5 Å². The molecule has 0 spiro atoms. The number of carboxylic acid groups (broad SMARTS) is 1. The molecule has 0 saturated carbocycles. The van der Waals surface area contributed by atoms with E-state index in [1.165, 1.54) is 22.4 Å². The number of nitrogens with zero attached hydrogens (tertiary/aromatic N) is 2. The predicted octanol–water partition coefficient (Wildman–Crippen LogP) is 4.92. The summed E-state index contributed by atoms with van der Waals surface area (Å²) >= 11 is 0. The van der Waals surface area contributed by atoms with Gasteiger partial charge in [0, 0.05) is 17.9 Å². The van der Waals surface area contributed by atoms with Gasteiger partial charge in [-0.3, -0.25) is 0 Å². The van der Waals surface area contributed by atoms with E-state index in [0.29, 0.717) is 0 Å². The van der Waals surface area contributed by atoms with Gasteiger partial charge in [-0.2, -0.15) is 5.26 Å². The van der Waals surface area contributed by atoms with Crippen molar-refractivity contribution in [1.29, 1.82) is 5.26 Å². The number of rotatable bonds is 3. The van der Waals surface area contributed by atoms with Crippen LogP contribution >= 0.6 is 0 Å². The smallest absolute Gasteiger partial charge is 0.346 e. The van der Waals surface area contributed by atoms with Crippen molar-refractivity contribution in [3.05, 3.63) is 77.4 Å². The molecule has 1 N–H and O–H groups in total. The maximum absolute atomic E-state index is 11.1. The molecule has 27 heavy (non-hydrogen) atoms. The lowest BCUT2D eigenvalue weighted by Crippen LogP contribution is -2.24. The summed E-state index contributed by atoms with van der Waals surface area (Å²) in [4.78, 5) is 13.4. The van der Waals surface area contributed by atoms with Crippen LogP contribution < -0.4 is 4.90 Å². The third-order valence-electron chi connectivity index (χ3n) is 4.93. The molecule has 0 unspecified atom stereocenters. The van der Waals surface area contributed by atoms with E-state index in [1.807, 2.05) is 30.3 Å². The Kier molecular flexibility index (Phi) is 4.35. The third kappa shape index (κ3) is 3.28. The molecule has 1 aliphatic heterocycles. The minimum Gasteiger partial charge on any atom is -0.477 e. The number of hydrogen-bond donors (Lipinski definition) is 1. The molecule has 0 saturated heterocycles. The number of carbonyl (C=O) groups is 1. The number of benzene rings is 3. The molecule has 0 aromatic heterocycles. The van der Waals surface area contributed by atoms with Gasteiger partial charge in [-0.15, -0.1) is 0 Å². The summed E-state index contributed by atoms with van der Waals surface area (Å²) in [6.07, 6.45) is 3.39. The van der Waals surface area contributed by atoms with E-state index >= 15 is 0 Å². The van der Waals surface area contributed by atoms with Crippen LogP contribution in [-0.2, 0) is 11.2 Å². The second kappa shape index (κ2) is 6.97. The fourth-order valence-corrected chi connectivity index (χ4v) is 3.63. The molecule has 0 atom stereocenters. The number of carboxylic acids is 1. The van der Waals surface area contributed by atoms with Crippen LogP contribution in [0.5, 0.6) is 0 Å². The Morgan fingerprint density at radius 1 is 1.07 bits per heavy atom. The van der Waals surface area contributed by atoms with Crippen LogP contribution in [0.15, 0.2) is 66.2 Å². The standard InChI is InChI=1S/C23H18N2O2/c24-15-20(23(26)27)13-16-7-10-22-19(12-16)6-3-11-25(22)21-9-8-17-4-1-2-5-18(17)14-21/h1-2,4-5,7-10,12-14H,3,6,11H2,(H,26,27)/b20-13+. The Morgan fingerprint density at radius 2 is 1.89 bits per heavy atom. The molecule has 0 aliphatic carbocycles. The maximum Gasteiger partial charge on any atom is 0.346 e. The average Bonchev–Trinajstić information content (AvgIpc) is 2.70. The van der Waals surface area contributed by atoms with Crippen molar-refractivity contribution in [2.24, 2.45) is 0 Å². The van der Waals surface area contributed by atoms with Gasteiger partial charge in [-0.25, -0.2) is 4.79 Å². The first-order chi connectivity index (χ1) is 13.2.